The van der Waals surface area contributed by atoms with E-state index >= 15 is 0 Å². The Bertz CT molecular complexity index is 238. The van der Waals surface area contributed by atoms with Crippen molar-refractivity contribution in [3.05, 3.63) is 12.2 Å². The highest BCUT2D eigenvalue weighted by Gasteiger charge is 2.06. The van der Waals surface area contributed by atoms with Crippen molar-refractivity contribution in [1.29, 1.82) is 0 Å². The van der Waals surface area contributed by atoms with Crippen LogP contribution in [0.3, 0.4) is 0 Å². The summed E-state index contributed by atoms with van der Waals surface area (Å²) in [6, 6.07) is 0. The first-order valence-corrected chi connectivity index (χ1v) is 4.89. The van der Waals surface area contributed by atoms with Crippen LogP contribution in [0.4, 0.5) is 0 Å². The molecule has 1 atom stereocenters. The van der Waals surface area contributed by atoms with E-state index in [1.165, 1.54) is 0 Å². The van der Waals surface area contributed by atoms with Crippen LogP contribution in [0.15, 0.2) is 12.2 Å². The largest absolute Gasteiger partial charge is 0.478 e. The molecule has 0 saturated heterocycles. The second kappa shape index (κ2) is 7.99. The fourth-order valence-electron chi connectivity index (χ4n) is 1.08. The van der Waals surface area contributed by atoms with Gasteiger partial charge in [-0.05, 0) is 12.3 Å². The first-order chi connectivity index (χ1) is 7.10. The lowest BCUT2D eigenvalue weighted by atomic mass is 10.0. The zero-order valence-corrected chi connectivity index (χ0v) is 8.77. The summed E-state index contributed by atoms with van der Waals surface area (Å²) in [5.74, 6) is -1.33. The third kappa shape index (κ3) is 7.69. The van der Waals surface area contributed by atoms with Crippen LogP contribution in [-0.4, -0.2) is 35.2 Å². The van der Waals surface area contributed by atoms with Gasteiger partial charge in [-0.15, -0.1) is 0 Å². The lowest BCUT2D eigenvalue weighted by Gasteiger charge is -2.12. The first-order valence-electron chi connectivity index (χ1n) is 4.89. The van der Waals surface area contributed by atoms with E-state index in [4.69, 9.17) is 10.2 Å². The van der Waals surface area contributed by atoms with E-state index in [-0.39, 0.29) is 12.5 Å². The number of aliphatic carboxylic acids is 1. The number of hydrogen-bond acceptors (Lipinski definition) is 3. The van der Waals surface area contributed by atoms with E-state index in [2.05, 4.69) is 5.32 Å². The van der Waals surface area contributed by atoms with Gasteiger partial charge in [0.1, 0.15) is 0 Å². The molecule has 5 heteroatoms. The van der Waals surface area contributed by atoms with Gasteiger partial charge in [-0.2, -0.15) is 0 Å². The second-order valence-corrected chi connectivity index (χ2v) is 3.20. The highest BCUT2D eigenvalue weighted by Crippen LogP contribution is 2.05. The minimum Gasteiger partial charge on any atom is -0.478 e. The van der Waals surface area contributed by atoms with Gasteiger partial charge in [0.25, 0.3) is 0 Å². The molecule has 0 rings (SSSR count). The number of rotatable bonds is 7. The zero-order chi connectivity index (χ0) is 11.7. The second-order valence-electron chi connectivity index (χ2n) is 3.20. The quantitative estimate of drug-likeness (QED) is 0.528. The third-order valence-corrected chi connectivity index (χ3v) is 2.06. The Hall–Kier alpha value is -1.36. The fourth-order valence-corrected chi connectivity index (χ4v) is 1.08. The van der Waals surface area contributed by atoms with Gasteiger partial charge in [-0.3, -0.25) is 4.79 Å². The van der Waals surface area contributed by atoms with Gasteiger partial charge in [0.2, 0.25) is 5.91 Å². The summed E-state index contributed by atoms with van der Waals surface area (Å²) in [5, 5.41) is 19.5. The van der Waals surface area contributed by atoms with E-state index in [0.29, 0.717) is 13.0 Å². The van der Waals surface area contributed by atoms with Crippen LogP contribution in [-0.2, 0) is 9.59 Å². The molecule has 0 bridgehead atoms. The molecule has 3 N–H and O–H groups in total. The van der Waals surface area contributed by atoms with Crippen LogP contribution < -0.4 is 5.32 Å². The van der Waals surface area contributed by atoms with Crippen LogP contribution in [0.1, 0.15) is 19.8 Å². The highest BCUT2D eigenvalue weighted by molar-refractivity contribution is 5.93. The van der Waals surface area contributed by atoms with Crippen molar-refractivity contribution < 1.29 is 19.8 Å². The normalized spacial score (nSPS) is 12.7. The maximum atomic E-state index is 11.0. The standard InChI is InChI=1S/C10H17NO4/c1-2-8(5-6-12)7-11-9(13)3-4-10(14)15/h3-4,8,12H,2,5-7H2,1H3,(H,11,13)(H,14,15). The van der Waals surface area contributed by atoms with Crippen LogP contribution in [0.5, 0.6) is 0 Å². The maximum Gasteiger partial charge on any atom is 0.328 e. The Morgan fingerprint density at radius 2 is 2.07 bits per heavy atom. The van der Waals surface area contributed by atoms with Crippen molar-refractivity contribution in [1.82, 2.24) is 5.32 Å². The SMILES string of the molecule is CCC(CCO)CNC(=O)C=CC(=O)O. The molecule has 0 heterocycles. The number of carbonyl (C=O) groups is 2. The minimum absolute atomic E-state index is 0.0966. The molecule has 0 spiro atoms. The number of hydrogen-bond donors (Lipinski definition) is 3. The molecule has 1 amide bonds. The smallest absolute Gasteiger partial charge is 0.328 e. The molecule has 0 aliphatic carbocycles. The number of carboxylic acid groups (broad SMARTS) is 1. The molecule has 0 aliphatic rings. The maximum absolute atomic E-state index is 11.0. The summed E-state index contributed by atoms with van der Waals surface area (Å²) >= 11 is 0. The summed E-state index contributed by atoms with van der Waals surface area (Å²) < 4.78 is 0. The topological polar surface area (TPSA) is 86.6 Å². The van der Waals surface area contributed by atoms with Crippen molar-refractivity contribution in [3.63, 3.8) is 0 Å². The Morgan fingerprint density at radius 1 is 1.40 bits per heavy atom. The molecular weight excluding hydrogens is 198 g/mol. The molecule has 0 radical (unpaired) electrons. The number of nitrogens with one attached hydrogen (secondary N) is 1. The van der Waals surface area contributed by atoms with Gasteiger partial charge in [0, 0.05) is 25.3 Å². The number of carboxylic acids is 1. The average Bonchev–Trinajstić information content (AvgIpc) is 2.21. The van der Waals surface area contributed by atoms with E-state index < -0.39 is 11.9 Å². The number of aliphatic hydroxyl groups is 1. The predicted molar refractivity (Wildman–Crippen MR) is 55.3 cm³/mol. The molecule has 0 saturated carbocycles. The van der Waals surface area contributed by atoms with E-state index in [1.54, 1.807) is 0 Å². The van der Waals surface area contributed by atoms with Gasteiger partial charge < -0.3 is 15.5 Å². The fraction of sp³-hybridized carbons (Fsp3) is 0.600. The van der Waals surface area contributed by atoms with Gasteiger partial charge in [-0.1, -0.05) is 13.3 Å². The van der Waals surface area contributed by atoms with Crippen LogP contribution in [0.25, 0.3) is 0 Å². The highest BCUT2D eigenvalue weighted by atomic mass is 16.4. The Labute approximate surface area is 88.8 Å². The monoisotopic (exact) mass is 215 g/mol. The summed E-state index contributed by atoms with van der Waals surface area (Å²) in [6.45, 7) is 2.53. The summed E-state index contributed by atoms with van der Waals surface area (Å²) in [5.41, 5.74) is 0. The first kappa shape index (κ1) is 13.6. The molecule has 0 aliphatic heterocycles. The molecule has 15 heavy (non-hydrogen) atoms. The van der Waals surface area contributed by atoms with Crippen molar-refractivity contribution in [3.8, 4) is 0 Å². The lowest BCUT2D eigenvalue weighted by molar-refractivity contribution is -0.131. The molecular formula is C10H17NO4. The predicted octanol–water partition coefficient (Wildman–Crippen LogP) is 0.152. The molecule has 5 nitrogen and oxygen atoms in total. The van der Waals surface area contributed by atoms with Crippen molar-refractivity contribution in [2.75, 3.05) is 13.2 Å². The van der Waals surface area contributed by atoms with Gasteiger partial charge in [0.15, 0.2) is 0 Å². The Balaban J connectivity index is 3.82. The van der Waals surface area contributed by atoms with E-state index in [9.17, 15) is 9.59 Å². The zero-order valence-electron chi connectivity index (χ0n) is 8.77. The number of carbonyl (C=O) groups excluding carboxylic acids is 1. The van der Waals surface area contributed by atoms with Crippen LogP contribution in [0, 0.1) is 5.92 Å². The number of amides is 1. The molecule has 0 fully saturated rings. The molecule has 0 aromatic carbocycles. The minimum atomic E-state index is -1.15. The summed E-state index contributed by atoms with van der Waals surface area (Å²) in [7, 11) is 0. The molecule has 86 valence electrons. The van der Waals surface area contributed by atoms with E-state index in [1.807, 2.05) is 6.92 Å². The lowest BCUT2D eigenvalue weighted by Crippen LogP contribution is -2.28. The van der Waals surface area contributed by atoms with Crippen LogP contribution >= 0.6 is 0 Å². The molecule has 0 aromatic rings. The van der Waals surface area contributed by atoms with Gasteiger partial charge in [-0.25, -0.2) is 4.79 Å². The average molecular weight is 215 g/mol. The Morgan fingerprint density at radius 3 is 2.53 bits per heavy atom. The number of aliphatic hydroxyl groups excluding tert-OH is 1. The van der Waals surface area contributed by atoms with Crippen molar-refractivity contribution in [2.45, 2.75) is 19.8 Å². The van der Waals surface area contributed by atoms with Crippen molar-refractivity contribution >= 4 is 11.9 Å². The summed E-state index contributed by atoms with van der Waals surface area (Å²) in [4.78, 5) is 21.1. The molecule has 0 aromatic heterocycles. The van der Waals surface area contributed by atoms with Gasteiger partial charge >= 0.3 is 5.97 Å². The summed E-state index contributed by atoms with van der Waals surface area (Å²) in [6.07, 6.45) is 3.28. The van der Waals surface area contributed by atoms with Gasteiger partial charge in [0.05, 0.1) is 0 Å². The van der Waals surface area contributed by atoms with E-state index in [0.717, 1.165) is 18.6 Å². The third-order valence-electron chi connectivity index (χ3n) is 2.06. The van der Waals surface area contributed by atoms with Crippen LogP contribution in [0.2, 0.25) is 0 Å². The molecule has 1 unspecified atom stereocenters. The van der Waals surface area contributed by atoms with Crippen molar-refractivity contribution in [2.24, 2.45) is 5.92 Å². The Kier molecular flexibility index (Phi) is 7.27.